The van der Waals surface area contributed by atoms with Crippen molar-refractivity contribution in [1.82, 2.24) is 15.0 Å². The first kappa shape index (κ1) is 14.7. The van der Waals surface area contributed by atoms with Crippen LogP contribution in [0.25, 0.3) is 0 Å². The maximum Gasteiger partial charge on any atom is 0.299 e. The first-order valence-electron chi connectivity index (χ1n) is 6.27. The fourth-order valence-electron chi connectivity index (χ4n) is 1.92. The largest absolute Gasteiger partial charge is 0.468 e. The van der Waals surface area contributed by atoms with Crippen molar-refractivity contribution in [2.45, 2.75) is 13.5 Å². The van der Waals surface area contributed by atoms with E-state index >= 15 is 0 Å². The maximum atomic E-state index is 12.0. The molecule has 0 aliphatic heterocycles. The number of methoxy groups -OCH3 is 1. The standard InChI is InChI=1S/C14H16N4O3/c1-9-7-12(19)18(14(16-9)21-2)8-10-3-5-11(6-4-10)13(20)17-15/h3-7H,8,15H2,1-2H3,(H,17,20). The number of hydrogen-bond acceptors (Lipinski definition) is 5. The normalized spacial score (nSPS) is 10.2. The van der Waals surface area contributed by atoms with Crippen molar-refractivity contribution in [3.63, 3.8) is 0 Å². The van der Waals surface area contributed by atoms with Gasteiger partial charge in [0.15, 0.2) is 0 Å². The number of nitrogens with two attached hydrogens (primary N) is 1. The smallest absolute Gasteiger partial charge is 0.299 e. The van der Waals surface area contributed by atoms with Gasteiger partial charge in [0.2, 0.25) is 0 Å². The van der Waals surface area contributed by atoms with E-state index in [1.165, 1.54) is 17.7 Å². The third-order valence-corrected chi connectivity index (χ3v) is 2.97. The molecule has 0 fully saturated rings. The number of hydrogen-bond donors (Lipinski definition) is 2. The van der Waals surface area contributed by atoms with Crippen molar-refractivity contribution in [2.24, 2.45) is 5.84 Å². The highest BCUT2D eigenvalue weighted by molar-refractivity contribution is 5.93. The summed E-state index contributed by atoms with van der Waals surface area (Å²) in [4.78, 5) is 27.5. The lowest BCUT2D eigenvalue weighted by molar-refractivity contribution is 0.0953. The monoisotopic (exact) mass is 288 g/mol. The van der Waals surface area contributed by atoms with Gasteiger partial charge in [-0.25, -0.2) is 10.8 Å². The fraction of sp³-hybridized carbons (Fsp3) is 0.214. The second kappa shape index (κ2) is 6.19. The Balaban J connectivity index is 2.30. The zero-order valence-electron chi connectivity index (χ0n) is 11.8. The minimum absolute atomic E-state index is 0.192. The van der Waals surface area contributed by atoms with Gasteiger partial charge >= 0.3 is 0 Å². The van der Waals surface area contributed by atoms with Gasteiger partial charge in [0.25, 0.3) is 17.5 Å². The van der Waals surface area contributed by atoms with Crippen molar-refractivity contribution in [2.75, 3.05) is 7.11 Å². The second-order valence-corrected chi connectivity index (χ2v) is 4.48. The third kappa shape index (κ3) is 3.26. The lowest BCUT2D eigenvalue weighted by atomic mass is 10.1. The number of nitrogens with one attached hydrogen (secondary N) is 1. The lowest BCUT2D eigenvalue weighted by Gasteiger charge is -2.11. The molecule has 0 atom stereocenters. The van der Waals surface area contributed by atoms with E-state index < -0.39 is 0 Å². The van der Waals surface area contributed by atoms with Crippen LogP contribution in [0.1, 0.15) is 21.6 Å². The van der Waals surface area contributed by atoms with Crippen LogP contribution in [0.2, 0.25) is 0 Å². The molecule has 0 radical (unpaired) electrons. The number of nitrogens with zero attached hydrogens (tertiary/aromatic N) is 2. The van der Waals surface area contributed by atoms with Crippen molar-refractivity contribution >= 4 is 5.91 Å². The SMILES string of the molecule is COc1nc(C)cc(=O)n1Cc1ccc(C(=O)NN)cc1. The molecular weight excluding hydrogens is 272 g/mol. The van der Waals surface area contributed by atoms with Crippen LogP contribution < -0.4 is 21.6 Å². The van der Waals surface area contributed by atoms with Crippen molar-refractivity contribution in [3.05, 3.63) is 57.5 Å². The van der Waals surface area contributed by atoms with Crippen LogP contribution in [0.15, 0.2) is 35.1 Å². The number of carbonyl (C=O) groups excluding carboxylic acids is 1. The summed E-state index contributed by atoms with van der Waals surface area (Å²) in [6, 6.07) is 8.46. The molecule has 1 aromatic heterocycles. The number of nitrogen functional groups attached to an aromatic ring is 1. The third-order valence-electron chi connectivity index (χ3n) is 2.97. The minimum Gasteiger partial charge on any atom is -0.468 e. The highest BCUT2D eigenvalue weighted by Gasteiger charge is 2.09. The summed E-state index contributed by atoms with van der Waals surface area (Å²) in [6.45, 7) is 2.04. The number of benzene rings is 1. The molecule has 1 heterocycles. The van der Waals surface area contributed by atoms with Gasteiger partial charge in [-0.15, -0.1) is 0 Å². The van der Waals surface area contributed by atoms with Gasteiger partial charge in [-0.2, -0.15) is 0 Å². The van der Waals surface area contributed by atoms with Gasteiger partial charge in [0.05, 0.1) is 13.7 Å². The van der Waals surface area contributed by atoms with E-state index in [1.807, 2.05) is 0 Å². The highest BCUT2D eigenvalue weighted by atomic mass is 16.5. The number of rotatable bonds is 4. The summed E-state index contributed by atoms with van der Waals surface area (Å²) in [5.74, 6) is 4.70. The average molecular weight is 288 g/mol. The molecule has 1 aromatic carbocycles. The molecule has 0 aliphatic rings. The number of carbonyl (C=O) groups is 1. The molecule has 0 aliphatic carbocycles. The highest BCUT2D eigenvalue weighted by Crippen LogP contribution is 2.10. The second-order valence-electron chi connectivity index (χ2n) is 4.48. The Morgan fingerprint density at radius 1 is 1.38 bits per heavy atom. The van der Waals surface area contributed by atoms with E-state index in [9.17, 15) is 9.59 Å². The Hall–Kier alpha value is -2.67. The van der Waals surface area contributed by atoms with Crippen molar-refractivity contribution in [3.8, 4) is 6.01 Å². The zero-order chi connectivity index (χ0) is 15.4. The Morgan fingerprint density at radius 2 is 2.05 bits per heavy atom. The van der Waals surface area contributed by atoms with Gasteiger partial charge in [0.1, 0.15) is 0 Å². The van der Waals surface area contributed by atoms with E-state index in [-0.39, 0.29) is 17.5 Å². The number of aryl methyl sites for hydroxylation is 1. The topological polar surface area (TPSA) is 99.2 Å². The maximum absolute atomic E-state index is 12.0. The van der Waals surface area contributed by atoms with Gasteiger partial charge < -0.3 is 4.74 Å². The molecule has 0 bridgehead atoms. The Kier molecular flexibility index (Phi) is 4.34. The lowest BCUT2D eigenvalue weighted by Crippen LogP contribution is -2.29. The Labute approximate surface area is 121 Å². The average Bonchev–Trinajstić information content (AvgIpc) is 2.49. The molecule has 1 amide bonds. The number of ether oxygens (including phenoxy) is 1. The van der Waals surface area contributed by atoms with Gasteiger partial charge in [-0.3, -0.25) is 19.6 Å². The summed E-state index contributed by atoms with van der Waals surface area (Å²) in [6.07, 6.45) is 0. The molecular formula is C14H16N4O3. The fourth-order valence-corrected chi connectivity index (χ4v) is 1.92. The predicted molar refractivity (Wildman–Crippen MR) is 77.0 cm³/mol. The van der Waals surface area contributed by atoms with Crippen molar-refractivity contribution < 1.29 is 9.53 Å². The number of amides is 1. The van der Waals surface area contributed by atoms with E-state index in [0.29, 0.717) is 17.8 Å². The van der Waals surface area contributed by atoms with Crippen molar-refractivity contribution in [1.29, 1.82) is 0 Å². The molecule has 0 unspecified atom stereocenters. The first-order chi connectivity index (χ1) is 10.0. The van der Waals surface area contributed by atoms with Gasteiger partial charge in [0, 0.05) is 17.3 Å². The van der Waals surface area contributed by atoms with E-state index in [2.05, 4.69) is 10.4 Å². The summed E-state index contributed by atoms with van der Waals surface area (Å²) in [5.41, 5.74) is 3.76. The van der Waals surface area contributed by atoms with E-state index in [0.717, 1.165) is 5.56 Å². The summed E-state index contributed by atoms with van der Waals surface area (Å²) in [7, 11) is 1.46. The van der Waals surface area contributed by atoms with Crippen LogP contribution in [-0.4, -0.2) is 22.6 Å². The number of aromatic nitrogens is 2. The van der Waals surface area contributed by atoms with E-state index in [1.54, 1.807) is 31.2 Å². The zero-order valence-corrected chi connectivity index (χ0v) is 11.8. The summed E-state index contributed by atoms with van der Waals surface area (Å²) >= 11 is 0. The Morgan fingerprint density at radius 3 is 2.62 bits per heavy atom. The summed E-state index contributed by atoms with van der Waals surface area (Å²) < 4.78 is 6.55. The molecule has 0 saturated carbocycles. The minimum atomic E-state index is -0.367. The molecule has 0 saturated heterocycles. The Bertz CT molecular complexity index is 707. The molecule has 110 valence electrons. The molecule has 21 heavy (non-hydrogen) atoms. The molecule has 2 rings (SSSR count). The van der Waals surface area contributed by atoms with E-state index in [4.69, 9.17) is 10.6 Å². The van der Waals surface area contributed by atoms with Gasteiger partial charge in [-0.05, 0) is 24.6 Å². The summed E-state index contributed by atoms with van der Waals surface area (Å²) in [5, 5.41) is 0. The van der Waals surface area contributed by atoms with Crippen LogP contribution in [0.3, 0.4) is 0 Å². The molecule has 2 aromatic rings. The molecule has 7 nitrogen and oxygen atoms in total. The van der Waals surface area contributed by atoms with Crippen LogP contribution in [0, 0.1) is 6.92 Å². The quantitative estimate of drug-likeness (QED) is 0.476. The molecule has 0 spiro atoms. The van der Waals surface area contributed by atoms with Crippen LogP contribution >= 0.6 is 0 Å². The van der Waals surface area contributed by atoms with Crippen LogP contribution in [-0.2, 0) is 6.54 Å². The van der Waals surface area contributed by atoms with Crippen LogP contribution in [0.5, 0.6) is 6.01 Å². The van der Waals surface area contributed by atoms with Crippen LogP contribution in [0.4, 0.5) is 0 Å². The number of hydrazine groups is 1. The molecule has 3 N–H and O–H groups in total. The molecule has 7 heteroatoms. The predicted octanol–water partition coefficient (Wildman–Crippen LogP) is 0.212. The van der Waals surface area contributed by atoms with Gasteiger partial charge in [-0.1, -0.05) is 12.1 Å². The first-order valence-corrected chi connectivity index (χ1v) is 6.27.